The van der Waals surface area contributed by atoms with E-state index in [2.05, 4.69) is 10.6 Å². The molecule has 0 radical (unpaired) electrons. The highest BCUT2D eigenvalue weighted by Gasteiger charge is 2.45. The van der Waals surface area contributed by atoms with Gasteiger partial charge in [-0.05, 0) is 0 Å². The molecule has 0 aromatic rings. The second-order valence-corrected chi connectivity index (χ2v) is 12.2. The molecule has 55 heavy (non-hydrogen) atoms. The van der Waals surface area contributed by atoms with Crippen molar-refractivity contribution in [1.29, 1.82) is 0 Å². The summed E-state index contributed by atoms with van der Waals surface area (Å²) in [5.41, 5.74) is 0. The SMILES string of the molecule is COC1C(O)[C@@H](OCCOCCOCCNC(=O)CCOCCOCCC(=O)NCCOCCOCCO[C@H]2OC(CO)[C@@H](O)C(O)C2O)OC(CO)[C@H]1O. The first kappa shape index (κ1) is 49.4. The van der Waals surface area contributed by atoms with E-state index in [0.717, 1.165) is 0 Å². The summed E-state index contributed by atoms with van der Waals surface area (Å²) in [6.07, 6.45) is -11.8. The number of hydrogen-bond donors (Lipinski definition) is 9. The van der Waals surface area contributed by atoms with Crippen molar-refractivity contribution >= 4 is 11.8 Å². The lowest BCUT2D eigenvalue weighted by atomic mass is 9.99. The Morgan fingerprint density at radius 1 is 0.491 bits per heavy atom. The van der Waals surface area contributed by atoms with E-state index in [4.69, 9.17) is 52.1 Å². The van der Waals surface area contributed by atoms with Crippen molar-refractivity contribution < 1.29 is 97.4 Å². The zero-order chi connectivity index (χ0) is 40.3. The molecule has 0 spiro atoms. The molecule has 2 fully saturated rings. The Morgan fingerprint density at radius 3 is 1.31 bits per heavy atom. The van der Waals surface area contributed by atoms with Gasteiger partial charge in [0.1, 0.15) is 48.8 Å². The third-order valence-electron chi connectivity index (χ3n) is 8.16. The Labute approximate surface area is 320 Å². The van der Waals surface area contributed by atoms with Crippen LogP contribution in [0.3, 0.4) is 0 Å². The van der Waals surface area contributed by atoms with Crippen LogP contribution < -0.4 is 10.6 Å². The zero-order valence-corrected chi connectivity index (χ0v) is 31.4. The molecule has 0 bridgehead atoms. The second kappa shape index (κ2) is 30.3. The maximum atomic E-state index is 11.9. The number of hydrogen-bond acceptors (Lipinski definition) is 20. The van der Waals surface area contributed by atoms with E-state index in [-0.39, 0.29) is 104 Å². The molecule has 2 saturated heterocycles. The lowest BCUT2D eigenvalue weighted by molar-refractivity contribution is -0.306. The van der Waals surface area contributed by atoms with Gasteiger partial charge in [-0.3, -0.25) is 9.59 Å². The van der Waals surface area contributed by atoms with Crippen LogP contribution in [0.15, 0.2) is 0 Å². The van der Waals surface area contributed by atoms with Crippen LogP contribution in [-0.2, 0) is 61.7 Å². The number of carbonyl (C=O) groups excluding carboxylic acids is 2. The van der Waals surface area contributed by atoms with Crippen LogP contribution in [0.5, 0.6) is 0 Å². The normalized spacial score (nSPS) is 28.3. The zero-order valence-electron chi connectivity index (χ0n) is 31.4. The van der Waals surface area contributed by atoms with Crippen molar-refractivity contribution in [2.45, 2.75) is 74.3 Å². The molecular formula is C33H62N2O20. The third kappa shape index (κ3) is 20.0. The molecular weight excluding hydrogens is 744 g/mol. The lowest BCUT2D eigenvalue weighted by Gasteiger charge is -2.41. The summed E-state index contributed by atoms with van der Waals surface area (Å²) in [7, 11) is 1.33. The average molecular weight is 807 g/mol. The topological polar surface area (TPSA) is 301 Å². The van der Waals surface area contributed by atoms with E-state index in [1.807, 2.05) is 0 Å². The van der Waals surface area contributed by atoms with E-state index >= 15 is 0 Å². The number of carbonyl (C=O) groups is 2. The molecule has 2 rings (SSSR count). The fraction of sp³-hybridized carbons (Fsp3) is 0.939. The molecule has 2 heterocycles. The van der Waals surface area contributed by atoms with Gasteiger partial charge in [0, 0.05) is 33.0 Å². The molecule has 2 aliphatic rings. The van der Waals surface area contributed by atoms with E-state index in [0.29, 0.717) is 26.3 Å². The maximum absolute atomic E-state index is 11.9. The standard InChI is InChI=1S/C33H62N2O20/c1-45-31-27(41)23(21-37)55-33(30(31)44)53-19-17-51-15-13-49-9-5-35-25(39)3-7-47-11-10-46-6-2-24(38)34-4-8-48-12-14-50-16-18-52-32-29(43)28(42)26(40)22(20-36)54-32/h22-23,26-33,36-37,40-44H,2-21H2,1H3,(H,34,38)(H,35,39)/t22?,23?,26-,27-,28?,29?,30?,31?,32+,33+/m1/s1. The lowest BCUT2D eigenvalue weighted by Crippen LogP contribution is -2.59. The summed E-state index contributed by atoms with van der Waals surface area (Å²) in [5, 5.41) is 73.6. The fourth-order valence-electron chi connectivity index (χ4n) is 5.12. The first-order valence-electron chi connectivity index (χ1n) is 18.3. The Morgan fingerprint density at radius 2 is 0.873 bits per heavy atom. The number of aliphatic hydroxyl groups excluding tert-OH is 7. The van der Waals surface area contributed by atoms with Gasteiger partial charge in [0.05, 0.1) is 106 Å². The molecule has 324 valence electrons. The van der Waals surface area contributed by atoms with Crippen LogP contribution in [0.1, 0.15) is 12.8 Å². The van der Waals surface area contributed by atoms with E-state index in [9.17, 15) is 45.3 Å². The number of nitrogens with one attached hydrogen (secondary N) is 2. The van der Waals surface area contributed by atoms with Crippen LogP contribution in [0.2, 0.25) is 0 Å². The quantitative estimate of drug-likeness (QED) is 0.0286. The second-order valence-electron chi connectivity index (χ2n) is 12.2. The average Bonchev–Trinajstić information content (AvgIpc) is 3.18. The summed E-state index contributed by atoms with van der Waals surface area (Å²) in [4.78, 5) is 23.8. The number of ether oxygens (including phenoxy) is 11. The maximum Gasteiger partial charge on any atom is 0.222 e. The van der Waals surface area contributed by atoms with Gasteiger partial charge in [-0.1, -0.05) is 0 Å². The first-order valence-corrected chi connectivity index (χ1v) is 18.3. The summed E-state index contributed by atoms with van der Waals surface area (Å²) in [6, 6.07) is 0. The molecule has 2 aliphatic heterocycles. The highest BCUT2D eigenvalue weighted by atomic mass is 16.7. The number of methoxy groups -OCH3 is 1. The third-order valence-corrected chi connectivity index (χ3v) is 8.16. The van der Waals surface area contributed by atoms with Gasteiger partial charge in [-0.15, -0.1) is 0 Å². The number of amides is 2. The highest BCUT2D eigenvalue weighted by Crippen LogP contribution is 2.24. The molecule has 0 aliphatic carbocycles. The Balaban J connectivity index is 1.28. The summed E-state index contributed by atoms with van der Waals surface area (Å²) in [5.74, 6) is -0.386. The van der Waals surface area contributed by atoms with Gasteiger partial charge in [0.2, 0.25) is 11.8 Å². The highest BCUT2D eigenvalue weighted by molar-refractivity contribution is 5.76. The predicted molar refractivity (Wildman–Crippen MR) is 184 cm³/mol. The minimum Gasteiger partial charge on any atom is -0.394 e. The van der Waals surface area contributed by atoms with Crippen LogP contribution in [-0.4, -0.2) is 235 Å². The molecule has 0 aromatic heterocycles. The van der Waals surface area contributed by atoms with Crippen LogP contribution in [0, 0.1) is 0 Å². The van der Waals surface area contributed by atoms with E-state index in [1.54, 1.807) is 0 Å². The minimum atomic E-state index is -1.51. The van der Waals surface area contributed by atoms with Crippen LogP contribution in [0.25, 0.3) is 0 Å². The fourth-order valence-corrected chi connectivity index (χ4v) is 5.12. The molecule has 22 nitrogen and oxygen atoms in total. The van der Waals surface area contributed by atoms with Gasteiger partial charge >= 0.3 is 0 Å². The summed E-state index contributed by atoms with van der Waals surface area (Å²) >= 11 is 0. The molecule has 0 aromatic carbocycles. The minimum absolute atomic E-state index is 0.0348. The van der Waals surface area contributed by atoms with Crippen LogP contribution >= 0.6 is 0 Å². The van der Waals surface area contributed by atoms with Gasteiger partial charge in [0.25, 0.3) is 0 Å². The molecule has 22 heteroatoms. The van der Waals surface area contributed by atoms with Crippen LogP contribution in [0.4, 0.5) is 0 Å². The molecule has 10 atom stereocenters. The molecule has 2 amide bonds. The largest absolute Gasteiger partial charge is 0.394 e. The van der Waals surface area contributed by atoms with Crippen molar-refractivity contribution in [1.82, 2.24) is 10.6 Å². The van der Waals surface area contributed by atoms with Gasteiger partial charge < -0.3 is 98.5 Å². The smallest absolute Gasteiger partial charge is 0.222 e. The summed E-state index contributed by atoms with van der Waals surface area (Å²) in [6.45, 7) is 2.72. The first-order chi connectivity index (χ1) is 26.6. The summed E-state index contributed by atoms with van der Waals surface area (Å²) < 4.78 is 58.8. The Bertz CT molecular complexity index is 987. The number of aliphatic hydroxyl groups is 7. The van der Waals surface area contributed by atoms with Gasteiger partial charge in [-0.25, -0.2) is 0 Å². The van der Waals surface area contributed by atoms with Crippen molar-refractivity contribution in [2.24, 2.45) is 0 Å². The molecule has 6 unspecified atom stereocenters. The monoisotopic (exact) mass is 806 g/mol. The van der Waals surface area contributed by atoms with Crippen molar-refractivity contribution in [3.8, 4) is 0 Å². The predicted octanol–water partition coefficient (Wildman–Crippen LogP) is -5.61. The van der Waals surface area contributed by atoms with Gasteiger partial charge in [0.15, 0.2) is 12.6 Å². The van der Waals surface area contributed by atoms with Crippen molar-refractivity contribution in [2.75, 3.05) is 126 Å². The van der Waals surface area contributed by atoms with Crippen molar-refractivity contribution in [3.63, 3.8) is 0 Å². The number of rotatable bonds is 32. The van der Waals surface area contributed by atoms with E-state index in [1.165, 1.54) is 7.11 Å². The Hall–Kier alpha value is -1.78. The molecule has 9 N–H and O–H groups in total. The molecule has 0 saturated carbocycles. The Kier molecular flexibility index (Phi) is 27.2. The van der Waals surface area contributed by atoms with E-state index < -0.39 is 74.6 Å². The van der Waals surface area contributed by atoms with Crippen molar-refractivity contribution in [3.05, 3.63) is 0 Å². The van der Waals surface area contributed by atoms with Gasteiger partial charge in [-0.2, -0.15) is 0 Å².